The zero-order chi connectivity index (χ0) is 13.1. The van der Waals surface area contributed by atoms with E-state index < -0.39 is 0 Å². The summed E-state index contributed by atoms with van der Waals surface area (Å²) in [6.45, 7) is 3.85. The van der Waals surface area contributed by atoms with Crippen LogP contribution in [0, 0.1) is 0 Å². The molecule has 4 heteroatoms. The predicted molar refractivity (Wildman–Crippen MR) is 79.3 cm³/mol. The van der Waals surface area contributed by atoms with Gasteiger partial charge in [0.15, 0.2) is 0 Å². The summed E-state index contributed by atoms with van der Waals surface area (Å²) in [5.74, 6) is 1.05. The van der Waals surface area contributed by atoms with Crippen molar-refractivity contribution in [3.63, 3.8) is 0 Å². The fourth-order valence-corrected chi connectivity index (χ4v) is 3.17. The maximum Gasteiger partial charge on any atom is 0.113 e. The van der Waals surface area contributed by atoms with Crippen molar-refractivity contribution in [3.05, 3.63) is 41.1 Å². The first-order chi connectivity index (χ1) is 9.38. The highest BCUT2D eigenvalue weighted by molar-refractivity contribution is 7.17. The predicted octanol–water partition coefficient (Wildman–Crippen LogP) is 3.64. The summed E-state index contributed by atoms with van der Waals surface area (Å²) < 4.78 is 7.05. The van der Waals surface area contributed by atoms with Crippen LogP contribution in [0.15, 0.2) is 35.5 Å². The minimum absolute atomic E-state index is 0.129. The third-order valence-electron chi connectivity index (χ3n) is 3.31. The number of ether oxygens (including phenoxy) is 1. The molecule has 19 heavy (non-hydrogen) atoms. The zero-order valence-electron chi connectivity index (χ0n) is 11.1. The van der Waals surface area contributed by atoms with Gasteiger partial charge in [-0.05, 0) is 48.5 Å². The molecule has 0 saturated carbocycles. The van der Waals surface area contributed by atoms with E-state index in [1.165, 1.54) is 10.3 Å². The third-order valence-corrected chi connectivity index (χ3v) is 4.17. The van der Waals surface area contributed by atoms with Gasteiger partial charge in [0.1, 0.15) is 5.76 Å². The van der Waals surface area contributed by atoms with E-state index in [1.807, 2.05) is 6.20 Å². The monoisotopic (exact) mass is 274 g/mol. The van der Waals surface area contributed by atoms with E-state index in [4.69, 9.17) is 4.74 Å². The average molecular weight is 274 g/mol. The molecule has 0 aliphatic carbocycles. The number of hydrogen-bond donors (Lipinski definition) is 1. The molecule has 0 bridgehead atoms. The Morgan fingerprint density at radius 1 is 1.53 bits per heavy atom. The number of allylic oxidation sites excluding steroid dienone is 1. The normalized spacial score (nSPS) is 17.0. The fraction of sp³-hybridized carbons (Fsp3) is 0.400. The van der Waals surface area contributed by atoms with Gasteiger partial charge in [0, 0.05) is 6.20 Å². The topological polar surface area (TPSA) is 34.1 Å². The van der Waals surface area contributed by atoms with Gasteiger partial charge in [-0.2, -0.15) is 0 Å². The molecule has 0 spiro atoms. The van der Waals surface area contributed by atoms with Crippen molar-refractivity contribution >= 4 is 21.6 Å². The van der Waals surface area contributed by atoms with Gasteiger partial charge in [-0.1, -0.05) is 6.92 Å². The summed E-state index contributed by atoms with van der Waals surface area (Å²) in [5, 5.41) is 5.58. The van der Waals surface area contributed by atoms with Crippen LogP contribution in [0.4, 0.5) is 0 Å². The summed E-state index contributed by atoms with van der Waals surface area (Å²) >= 11 is 1.73. The third kappa shape index (κ3) is 2.65. The second kappa shape index (κ2) is 5.72. The quantitative estimate of drug-likeness (QED) is 0.924. The second-order valence-corrected chi connectivity index (χ2v) is 5.61. The lowest BCUT2D eigenvalue weighted by molar-refractivity contribution is 0.168. The van der Waals surface area contributed by atoms with Crippen LogP contribution in [0.1, 0.15) is 31.4 Å². The van der Waals surface area contributed by atoms with E-state index >= 15 is 0 Å². The second-order valence-electron chi connectivity index (χ2n) is 4.66. The molecule has 0 radical (unpaired) electrons. The molecule has 0 aromatic carbocycles. The van der Waals surface area contributed by atoms with Crippen LogP contribution in [-0.4, -0.2) is 18.1 Å². The van der Waals surface area contributed by atoms with Crippen molar-refractivity contribution in [1.82, 2.24) is 10.3 Å². The molecule has 1 aliphatic heterocycles. The van der Waals surface area contributed by atoms with E-state index in [-0.39, 0.29) is 6.04 Å². The number of nitrogens with one attached hydrogen (secondary N) is 1. The van der Waals surface area contributed by atoms with Crippen LogP contribution >= 0.6 is 11.3 Å². The van der Waals surface area contributed by atoms with Crippen molar-refractivity contribution in [1.29, 1.82) is 0 Å². The minimum Gasteiger partial charge on any atom is -0.496 e. The largest absolute Gasteiger partial charge is 0.496 e. The Kier molecular flexibility index (Phi) is 3.80. The molecule has 100 valence electrons. The molecule has 2 aromatic rings. The van der Waals surface area contributed by atoms with E-state index in [0.29, 0.717) is 0 Å². The van der Waals surface area contributed by atoms with Gasteiger partial charge in [0.25, 0.3) is 0 Å². The van der Waals surface area contributed by atoms with Gasteiger partial charge in [-0.15, -0.1) is 11.3 Å². The Hall–Kier alpha value is -1.39. The van der Waals surface area contributed by atoms with Gasteiger partial charge < -0.3 is 10.1 Å². The molecule has 1 aliphatic rings. The number of likely N-dealkylation sites (N-methyl/N-ethyl adjacent to an activating group) is 1. The van der Waals surface area contributed by atoms with Crippen molar-refractivity contribution in [2.75, 3.05) is 13.2 Å². The summed E-state index contributed by atoms with van der Waals surface area (Å²) in [6, 6.07) is 4.41. The van der Waals surface area contributed by atoms with Crippen LogP contribution in [-0.2, 0) is 4.74 Å². The van der Waals surface area contributed by atoms with Crippen molar-refractivity contribution in [2.45, 2.75) is 25.8 Å². The number of fused-ring (bicyclic) bond motifs is 1. The fourth-order valence-electron chi connectivity index (χ4n) is 2.38. The first kappa shape index (κ1) is 12.6. The summed E-state index contributed by atoms with van der Waals surface area (Å²) in [6.07, 6.45) is 6.38. The number of thiophene rings is 1. The number of rotatable bonds is 4. The lowest BCUT2D eigenvalue weighted by Crippen LogP contribution is -2.25. The molecule has 2 aromatic heterocycles. The molecule has 3 nitrogen and oxygen atoms in total. The van der Waals surface area contributed by atoms with Crippen molar-refractivity contribution in [3.8, 4) is 0 Å². The first-order valence-electron chi connectivity index (χ1n) is 6.78. The highest BCUT2D eigenvalue weighted by atomic mass is 32.1. The Morgan fingerprint density at radius 3 is 3.26 bits per heavy atom. The lowest BCUT2D eigenvalue weighted by atomic mass is 10.0. The maximum atomic E-state index is 5.81. The molecule has 0 fully saturated rings. The number of hydrogen-bond acceptors (Lipinski definition) is 4. The molecule has 0 saturated heterocycles. The van der Waals surface area contributed by atoms with Crippen molar-refractivity contribution < 1.29 is 4.74 Å². The summed E-state index contributed by atoms with van der Waals surface area (Å²) in [5.41, 5.74) is 2.26. The molecule has 3 heterocycles. The number of aromatic nitrogens is 1. The van der Waals surface area contributed by atoms with E-state index in [1.54, 1.807) is 11.3 Å². The van der Waals surface area contributed by atoms with Gasteiger partial charge >= 0.3 is 0 Å². The van der Waals surface area contributed by atoms with Crippen LogP contribution < -0.4 is 5.32 Å². The number of nitrogens with zero attached hydrogens (tertiary/aromatic N) is 1. The lowest BCUT2D eigenvalue weighted by Gasteiger charge is -2.24. The van der Waals surface area contributed by atoms with Crippen LogP contribution in [0.25, 0.3) is 10.2 Å². The summed E-state index contributed by atoms with van der Waals surface area (Å²) in [4.78, 5) is 4.53. The Labute approximate surface area is 117 Å². The van der Waals surface area contributed by atoms with E-state index in [2.05, 4.69) is 40.8 Å². The van der Waals surface area contributed by atoms with Gasteiger partial charge in [0.05, 0.1) is 22.9 Å². The highest BCUT2D eigenvalue weighted by Crippen LogP contribution is 2.29. The molecule has 1 N–H and O–H groups in total. The highest BCUT2D eigenvalue weighted by Gasteiger charge is 2.19. The number of pyridine rings is 1. The average Bonchev–Trinajstić information content (AvgIpc) is 2.93. The van der Waals surface area contributed by atoms with Gasteiger partial charge in [-0.3, -0.25) is 4.98 Å². The Bertz CT molecular complexity index is 591. The molecule has 1 unspecified atom stereocenters. The SMILES string of the molecule is CCNC(C1=CCCCO1)c1cnc2ccsc2c1. The molecular weight excluding hydrogens is 256 g/mol. The van der Waals surface area contributed by atoms with Crippen molar-refractivity contribution in [2.24, 2.45) is 0 Å². The molecule has 3 rings (SSSR count). The summed E-state index contributed by atoms with van der Waals surface area (Å²) in [7, 11) is 0. The minimum atomic E-state index is 0.129. The molecule has 0 amide bonds. The maximum absolute atomic E-state index is 5.81. The zero-order valence-corrected chi connectivity index (χ0v) is 11.9. The molecule has 1 atom stereocenters. The van der Waals surface area contributed by atoms with E-state index in [9.17, 15) is 0 Å². The van der Waals surface area contributed by atoms with Gasteiger partial charge in [-0.25, -0.2) is 0 Å². The van der Waals surface area contributed by atoms with Crippen LogP contribution in [0.2, 0.25) is 0 Å². The Balaban J connectivity index is 1.95. The van der Waals surface area contributed by atoms with Gasteiger partial charge in [0.2, 0.25) is 0 Å². The van der Waals surface area contributed by atoms with E-state index in [0.717, 1.165) is 37.3 Å². The smallest absolute Gasteiger partial charge is 0.113 e. The standard InChI is InChI=1S/C15H18N2OS/c1-2-16-15(13-5-3-4-7-18-13)11-9-14-12(17-10-11)6-8-19-14/h5-6,8-10,15-16H,2-4,7H2,1H3. The Morgan fingerprint density at radius 2 is 2.47 bits per heavy atom. The first-order valence-corrected chi connectivity index (χ1v) is 7.66. The molecular formula is C15H18N2OS. The van der Waals surface area contributed by atoms with Crippen LogP contribution in [0.3, 0.4) is 0 Å². The van der Waals surface area contributed by atoms with Crippen LogP contribution in [0.5, 0.6) is 0 Å².